The molecule has 0 aliphatic carbocycles. The maximum absolute atomic E-state index is 12.0. The van der Waals surface area contributed by atoms with Crippen LogP contribution in [0.4, 0.5) is 0 Å². The number of thiocarbonyl (C=S) groups is 1. The van der Waals surface area contributed by atoms with Crippen molar-refractivity contribution in [1.29, 1.82) is 0 Å². The summed E-state index contributed by atoms with van der Waals surface area (Å²) in [5.41, 5.74) is 5.53. The maximum Gasteiger partial charge on any atom is 0.276 e. The van der Waals surface area contributed by atoms with Crippen LogP contribution in [0, 0.1) is 0 Å². The predicted molar refractivity (Wildman–Crippen MR) is 111 cm³/mol. The van der Waals surface area contributed by atoms with Crippen molar-refractivity contribution in [3.63, 3.8) is 0 Å². The molecule has 0 radical (unpaired) electrons. The Hall–Kier alpha value is -2.55. The standard InChI is InChI=1S/C18H17Cl2N3O4S/c1-26-13-5-2-11(3-6-13)8-16(24)21-18(28)23-22-17(25)10-27-15-7-4-12(19)9-14(15)20/h2-7,9H,8,10H2,1H3,(H,22,25)(H2,21,23,24,28). The Morgan fingerprint density at radius 2 is 1.75 bits per heavy atom. The summed E-state index contributed by atoms with van der Waals surface area (Å²) in [5.74, 6) is 0.168. The van der Waals surface area contributed by atoms with Crippen LogP contribution in [0.15, 0.2) is 42.5 Å². The lowest BCUT2D eigenvalue weighted by atomic mass is 10.1. The molecule has 2 aromatic carbocycles. The number of hydrogen-bond acceptors (Lipinski definition) is 5. The number of rotatable bonds is 6. The van der Waals surface area contributed by atoms with E-state index in [9.17, 15) is 9.59 Å². The maximum atomic E-state index is 12.0. The van der Waals surface area contributed by atoms with Gasteiger partial charge in [0, 0.05) is 5.02 Å². The molecule has 0 saturated heterocycles. The Kier molecular flexibility index (Phi) is 8.31. The number of hydrazine groups is 1. The van der Waals surface area contributed by atoms with Gasteiger partial charge in [0.05, 0.1) is 18.6 Å². The summed E-state index contributed by atoms with van der Waals surface area (Å²) in [6, 6.07) is 11.7. The number of halogens is 2. The molecule has 0 heterocycles. The fraction of sp³-hybridized carbons (Fsp3) is 0.167. The highest BCUT2D eigenvalue weighted by molar-refractivity contribution is 7.80. The summed E-state index contributed by atoms with van der Waals surface area (Å²) in [6.45, 7) is -0.309. The number of carbonyl (C=O) groups is 2. The second-order valence-corrected chi connectivity index (χ2v) is 6.69. The van der Waals surface area contributed by atoms with Gasteiger partial charge in [-0.3, -0.25) is 20.4 Å². The summed E-state index contributed by atoms with van der Waals surface area (Å²) in [7, 11) is 1.56. The van der Waals surface area contributed by atoms with Crippen LogP contribution in [0.25, 0.3) is 0 Å². The molecule has 0 aromatic heterocycles. The van der Waals surface area contributed by atoms with Gasteiger partial charge in [-0.1, -0.05) is 35.3 Å². The van der Waals surface area contributed by atoms with Gasteiger partial charge in [0.2, 0.25) is 5.91 Å². The van der Waals surface area contributed by atoms with Crippen LogP contribution in [0.3, 0.4) is 0 Å². The first-order valence-corrected chi connectivity index (χ1v) is 9.13. The van der Waals surface area contributed by atoms with Crippen molar-refractivity contribution in [3.05, 3.63) is 58.1 Å². The van der Waals surface area contributed by atoms with Crippen LogP contribution in [0.1, 0.15) is 5.56 Å². The molecule has 7 nitrogen and oxygen atoms in total. The third-order valence-corrected chi connectivity index (χ3v) is 4.08. The van der Waals surface area contributed by atoms with E-state index >= 15 is 0 Å². The Morgan fingerprint density at radius 1 is 1.04 bits per heavy atom. The van der Waals surface area contributed by atoms with Gasteiger partial charge in [0.25, 0.3) is 5.91 Å². The Bertz CT molecular complexity index is 862. The van der Waals surface area contributed by atoms with Crippen molar-refractivity contribution in [2.24, 2.45) is 0 Å². The van der Waals surface area contributed by atoms with E-state index in [-0.39, 0.29) is 29.1 Å². The first-order chi connectivity index (χ1) is 13.4. The van der Waals surface area contributed by atoms with E-state index in [1.165, 1.54) is 6.07 Å². The van der Waals surface area contributed by atoms with Crippen molar-refractivity contribution in [2.75, 3.05) is 13.7 Å². The first-order valence-electron chi connectivity index (χ1n) is 7.97. The normalized spacial score (nSPS) is 9.96. The fourth-order valence-corrected chi connectivity index (χ4v) is 2.66. The van der Waals surface area contributed by atoms with Gasteiger partial charge in [-0.05, 0) is 48.1 Å². The average molecular weight is 442 g/mol. The Balaban J connectivity index is 1.70. The molecule has 0 saturated carbocycles. The van der Waals surface area contributed by atoms with Crippen LogP contribution in [-0.4, -0.2) is 30.6 Å². The minimum atomic E-state index is -0.516. The number of hydrogen-bond donors (Lipinski definition) is 3. The van der Waals surface area contributed by atoms with E-state index in [0.717, 1.165) is 5.56 Å². The van der Waals surface area contributed by atoms with Crippen LogP contribution in [0.2, 0.25) is 10.0 Å². The molecule has 2 amide bonds. The van der Waals surface area contributed by atoms with Gasteiger partial charge in [-0.2, -0.15) is 0 Å². The summed E-state index contributed by atoms with van der Waals surface area (Å²) < 4.78 is 10.3. The van der Waals surface area contributed by atoms with Crippen LogP contribution in [0.5, 0.6) is 11.5 Å². The van der Waals surface area contributed by atoms with Crippen molar-refractivity contribution in [3.8, 4) is 11.5 Å². The molecule has 0 unspecified atom stereocenters. The Labute approximate surface area is 177 Å². The molecule has 28 heavy (non-hydrogen) atoms. The Morgan fingerprint density at radius 3 is 2.39 bits per heavy atom. The molecule has 0 atom stereocenters. The quantitative estimate of drug-likeness (QED) is 0.471. The lowest BCUT2D eigenvalue weighted by Gasteiger charge is -2.12. The van der Waals surface area contributed by atoms with Gasteiger partial charge in [-0.25, -0.2) is 0 Å². The largest absolute Gasteiger partial charge is 0.497 e. The SMILES string of the molecule is COc1ccc(CC(=O)NC(=S)NNC(=O)COc2ccc(Cl)cc2Cl)cc1. The molecule has 0 aliphatic rings. The monoisotopic (exact) mass is 441 g/mol. The minimum Gasteiger partial charge on any atom is -0.497 e. The van der Waals surface area contributed by atoms with E-state index in [2.05, 4.69) is 16.2 Å². The topological polar surface area (TPSA) is 88.7 Å². The second-order valence-electron chi connectivity index (χ2n) is 5.44. The molecule has 10 heteroatoms. The molecular weight excluding hydrogens is 425 g/mol. The van der Waals surface area contributed by atoms with Crippen molar-refractivity contribution < 1.29 is 19.1 Å². The van der Waals surface area contributed by atoms with Gasteiger partial charge in [0.15, 0.2) is 11.7 Å². The van der Waals surface area contributed by atoms with Gasteiger partial charge < -0.3 is 14.8 Å². The second kappa shape index (κ2) is 10.7. The molecular formula is C18H17Cl2N3O4S. The zero-order valence-electron chi connectivity index (χ0n) is 14.8. The summed E-state index contributed by atoms with van der Waals surface area (Å²) in [6.07, 6.45) is 0.123. The molecule has 3 N–H and O–H groups in total. The van der Waals surface area contributed by atoms with Crippen molar-refractivity contribution in [1.82, 2.24) is 16.2 Å². The molecule has 2 rings (SSSR count). The lowest BCUT2D eigenvalue weighted by molar-refractivity contribution is -0.124. The number of nitrogens with one attached hydrogen (secondary N) is 3. The van der Waals surface area contributed by atoms with Crippen LogP contribution >= 0.6 is 35.4 Å². The molecule has 0 aliphatic heterocycles. The number of amides is 2. The van der Waals surface area contributed by atoms with Gasteiger partial charge in [-0.15, -0.1) is 0 Å². The van der Waals surface area contributed by atoms with E-state index in [0.29, 0.717) is 16.5 Å². The number of ether oxygens (including phenoxy) is 2. The molecule has 0 bridgehead atoms. The molecule has 0 fully saturated rings. The summed E-state index contributed by atoms with van der Waals surface area (Å²) >= 11 is 16.7. The van der Waals surface area contributed by atoms with Gasteiger partial charge >= 0.3 is 0 Å². The molecule has 148 valence electrons. The highest BCUT2D eigenvalue weighted by atomic mass is 35.5. The van der Waals surface area contributed by atoms with Crippen molar-refractivity contribution >= 4 is 52.3 Å². The van der Waals surface area contributed by atoms with E-state index in [1.807, 2.05) is 0 Å². The van der Waals surface area contributed by atoms with E-state index in [4.69, 9.17) is 44.9 Å². The lowest BCUT2D eigenvalue weighted by Crippen LogP contribution is -2.49. The van der Waals surface area contributed by atoms with E-state index in [1.54, 1.807) is 43.5 Å². The van der Waals surface area contributed by atoms with Crippen LogP contribution in [-0.2, 0) is 16.0 Å². The fourth-order valence-electron chi connectivity index (χ4n) is 2.03. The number of benzene rings is 2. The smallest absolute Gasteiger partial charge is 0.276 e. The van der Waals surface area contributed by atoms with Crippen molar-refractivity contribution in [2.45, 2.75) is 6.42 Å². The minimum absolute atomic E-state index is 0.0450. The van der Waals surface area contributed by atoms with Gasteiger partial charge in [0.1, 0.15) is 11.5 Å². The third-order valence-electron chi connectivity index (χ3n) is 3.34. The highest BCUT2D eigenvalue weighted by Gasteiger charge is 2.09. The number of carbonyl (C=O) groups excluding carboxylic acids is 2. The predicted octanol–water partition coefficient (Wildman–Crippen LogP) is 2.65. The van der Waals surface area contributed by atoms with E-state index < -0.39 is 5.91 Å². The van der Waals surface area contributed by atoms with Crippen LogP contribution < -0.4 is 25.6 Å². The average Bonchev–Trinajstić information content (AvgIpc) is 2.66. The number of methoxy groups -OCH3 is 1. The zero-order valence-corrected chi connectivity index (χ0v) is 17.1. The third kappa shape index (κ3) is 7.22. The molecule has 2 aromatic rings. The zero-order chi connectivity index (χ0) is 20.5. The summed E-state index contributed by atoms with van der Waals surface area (Å²) in [5, 5.41) is 3.16. The highest BCUT2D eigenvalue weighted by Crippen LogP contribution is 2.27. The first kappa shape index (κ1) is 21.7. The molecule has 0 spiro atoms. The summed E-state index contributed by atoms with van der Waals surface area (Å²) in [4.78, 5) is 23.7.